The highest BCUT2D eigenvalue weighted by Crippen LogP contribution is 2.39. The summed E-state index contributed by atoms with van der Waals surface area (Å²) in [6, 6.07) is 6.35. The Labute approximate surface area is 143 Å². The molecule has 1 aliphatic rings. The normalized spacial score (nSPS) is 18.0. The van der Waals surface area contributed by atoms with Gasteiger partial charge in [-0.1, -0.05) is 6.58 Å². The van der Waals surface area contributed by atoms with Crippen LogP contribution in [-0.2, 0) is 11.3 Å². The van der Waals surface area contributed by atoms with Crippen LogP contribution in [0.3, 0.4) is 0 Å². The highest BCUT2D eigenvalue weighted by Gasteiger charge is 2.43. The molecule has 1 amide bonds. The molecule has 1 unspecified atom stereocenters. The van der Waals surface area contributed by atoms with Crippen LogP contribution in [0.25, 0.3) is 0 Å². The number of nitrogens with zero attached hydrogens (tertiary/aromatic N) is 1. The Balaban J connectivity index is 1.93. The first-order valence-corrected chi connectivity index (χ1v) is 8.98. The van der Waals surface area contributed by atoms with E-state index in [0.717, 1.165) is 34.6 Å². The van der Waals surface area contributed by atoms with E-state index < -0.39 is 5.54 Å². The van der Waals surface area contributed by atoms with Crippen molar-refractivity contribution in [2.45, 2.75) is 31.8 Å². The molecule has 0 saturated heterocycles. The molecule has 0 spiro atoms. The fraction of sp³-hybridized carbons (Fsp3) is 0.500. The van der Waals surface area contributed by atoms with Gasteiger partial charge in [-0.15, -0.1) is 11.3 Å². The molecule has 1 aliphatic carbocycles. The molecule has 0 bridgehead atoms. The van der Waals surface area contributed by atoms with Crippen LogP contribution in [0.1, 0.15) is 24.6 Å². The van der Waals surface area contributed by atoms with E-state index in [2.05, 4.69) is 40.0 Å². The summed E-state index contributed by atoms with van der Waals surface area (Å²) in [6.45, 7) is 7.45. The third-order valence-electron chi connectivity index (χ3n) is 3.92. The molecule has 2 atom stereocenters. The first-order chi connectivity index (χ1) is 10.5. The van der Waals surface area contributed by atoms with Gasteiger partial charge in [0.2, 0.25) is 0 Å². The quantitative estimate of drug-likeness (QED) is 0.674. The number of hydrogen-bond donors (Lipinski definition) is 2. The van der Waals surface area contributed by atoms with Gasteiger partial charge in [-0.3, -0.25) is 4.79 Å². The van der Waals surface area contributed by atoms with Gasteiger partial charge < -0.3 is 10.2 Å². The van der Waals surface area contributed by atoms with Gasteiger partial charge in [-0.2, -0.15) is 5.26 Å². The van der Waals surface area contributed by atoms with Gasteiger partial charge in [-0.25, -0.2) is 0 Å². The highest BCUT2D eigenvalue weighted by molar-refractivity contribution is 9.11. The van der Waals surface area contributed by atoms with E-state index in [4.69, 9.17) is 0 Å². The van der Waals surface area contributed by atoms with E-state index in [9.17, 15) is 10.1 Å². The van der Waals surface area contributed by atoms with Crippen LogP contribution in [0.15, 0.2) is 28.6 Å². The monoisotopic (exact) mass is 382 g/mol. The average Bonchev–Trinajstić information content (AvgIpc) is 3.24. The van der Waals surface area contributed by atoms with Crippen LogP contribution in [0, 0.1) is 17.2 Å². The SMILES string of the molecule is C=CC[NH+](CC(=O)N[C@](C)(C#N)C1CC1)Cc1ccc(Br)s1. The number of rotatable bonds is 8. The zero-order valence-electron chi connectivity index (χ0n) is 12.7. The number of hydrogen-bond acceptors (Lipinski definition) is 3. The maximum absolute atomic E-state index is 12.3. The standard InChI is InChI=1S/C16H20BrN3OS/c1-3-8-20(9-13-6-7-14(17)22-13)10-15(21)19-16(2,11-18)12-4-5-12/h3,6-7,12H,1,4-5,8-10H2,2H3,(H,19,21)/p+1/t16-/m1/s1. The second-order valence-electron chi connectivity index (χ2n) is 5.94. The van der Waals surface area contributed by atoms with Crippen molar-refractivity contribution in [3.05, 3.63) is 33.5 Å². The van der Waals surface area contributed by atoms with Crippen molar-refractivity contribution in [3.8, 4) is 6.07 Å². The summed E-state index contributed by atoms with van der Waals surface area (Å²) in [4.78, 5) is 14.7. The second-order valence-corrected chi connectivity index (χ2v) is 8.49. The number of quaternary nitrogens is 1. The van der Waals surface area contributed by atoms with Crippen LogP contribution in [0.2, 0.25) is 0 Å². The number of amides is 1. The minimum atomic E-state index is -0.720. The van der Waals surface area contributed by atoms with Gasteiger partial charge in [0.05, 0.1) is 21.3 Å². The number of thiophene rings is 1. The number of nitriles is 1. The lowest BCUT2D eigenvalue weighted by atomic mass is 9.98. The molecule has 22 heavy (non-hydrogen) atoms. The van der Waals surface area contributed by atoms with Crippen LogP contribution in [0.4, 0.5) is 0 Å². The zero-order chi connectivity index (χ0) is 16.2. The Morgan fingerprint density at radius 1 is 1.68 bits per heavy atom. The van der Waals surface area contributed by atoms with Crippen molar-refractivity contribution in [1.82, 2.24) is 5.32 Å². The summed E-state index contributed by atoms with van der Waals surface area (Å²) in [5, 5.41) is 12.3. The minimum absolute atomic E-state index is 0.0663. The molecule has 0 radical (unpaired) electrons. The molecular formula is C16H21BrN3OS+. The van der Waals surface area contributed by atoms with E-state index in [1.165, 1.54) is 4.88 Å². The van der Waals surface area contributed by atoms with Gasteiger partial charge in [-0.05, 0) is 59.8 Å². The minimum Gasteiger partial charge on any atom is -0.333 e. The summed E-state index contributed by atoms with van der Waals surface area (Å²) in [5.74, 6) is 0.237. The fourth-order valence-corrected chi connectivity index (χ4v) is 4.10. The Bertz CT molecular complexity index is 590. The molecule has 0 aromatic carbocycles. The molecule has 1 fully saturated rings. The van der Waals surface area contributed by atoms with Crippen molar-refractivity contribution < 1.29 is 9.69 Å². The molecule has 2 rings (SSSR count). The van der Waals surface area contributed by atoms with E-state index >= 15 is 0 Å². The first-order valence-electron chi connectivity index (χ1n) is 7.38. The Morgan fingerprint density at radius 2 is 2.41 bits per heavy atom. The maximum Gasteiger partial charge on any atom is 0.276 e. The molecule has 1 aromatic rings. The molecule has 118 valence electrons. The number of nitrogens with one attached hydrogen (secondary N) is 2. The van der Waals surface area contributed by atoms with E-state index in [-0.39, 0.29) is 5.91 Å². The van der Waals surface area contributed by atoms with Crippen molar-refractivity contribution in [3.63, 3.8) is 0 Å². The topological polar surface area (TPSA) is 57.3 Å². The number of carbonyl (C=O) groups is 1. The zero-order valence-corrected chi connectivity index (χ0v) is 15.1. The van der Waals surface area contributed by atoms with Gasteiger partial charge in [0.25, 0.3) is 5.91 Å². The Kier molecular flexibility index (Phi) is 5.79. The first kappa shape index (κ1) is 17.2. The Hall–Kier alpha value is -1.16. The molecule has 1 saturated carbocycles. The van der Waals surface area contributed by atoms with Crippen molar-refractivity contribution >= 4 is 33.2 Å². The molecular weight excluding hydrogens is 362 g/mol. The van der Waals surface area contributed by atoms with Crippen molar-refractivity contribution in [1.29, 1.82) is 5.26 Å². The predicted molar refractivity (Wildman–Crippen MR) is 91.5 cm³/mol. The summed E-state index contributed by atoms with van der Waals surface area (Å²) in [6.07, 6.45) is 3.88. The van der Waals surface area contributed by atoms with Crippen molar-refractivity contribution in [2.24, 2.45) is 5.92 Å². The largest absolute Gasteiger partial charge is 0.333 e. The average molecular weight is 383 g/mol. The number of halogens is 1. The maximum atomic E-state index is 12.3. The lowest BCUT2D eigenvalue weighted by molar-refractivity contribution is -0.899. The van der Waals surface area contributed by atoms with Crippen LogP contribution in [0.5, 0.6) is 0 Å². The molecule has 0 aliphatic heterocycles. The molecule has 1 heterocycles. The lowest BCUT2D eigenvalue weighted by Crippen LogP contribution is -3.11. The number of carbonyl (C=O) groups excluding carboxylic acids is 1. The third kappa shape index (κ3) is 4.67. The molecule has 2 N–H and O–H groups in total. The second kappa shape index (κ2) is 7.40. The van der Waals surface area contributed by atoms with Crippen LogP contribution in [-0.4, -0.2) is 24.5 Å². The molecule has 4 nitrogen and oxygen atoms in total. The summed E-state index contributed by atoms with van der Waals surface area (Å²) < 4.78 is 1.09. The summed E-state index contributed by atoms with van der Waals surface area (Å²) >= 11 is 5.14. The summed E-state index contributed by atoms with van der Waals surface area (Å²) in [7, 11) is 0. The molecule has 6 heteroatoms. The fourth-order valence-electron chi connectivity index (χ4n) is 2.55. The van der Waals surface area contributed by atoms with E-state index in [1.807, 2.05) is 19.1 Å². The van der Waals surface area contributed by atoms with Gasteiger partial charge in [0.1, 0.15) is 12.1 Å². The molecule has 1 aromatic heterocycles. The van der Waals surface area contributed by atoms with Gasteiger partial charge in [0, 0.05) is 0 Å². The smallest absolute Gasteiger partial charge is 0.276 e. The van der Waals surface area contributed by atoms with E-state index in [1.54, 1.807) is 11.3 Å². The van der Waals surface area contributed by atoms with Gasteiger partial charge >= 0.3 is 0 Å². The van der Waals surface area contributed by atoms with Crippen LogP contribution >= 0.6 is 27.3 Å². The third-order valence-corrected chi connectivity index (χ3v) is 5.55. The highest BCUT2D eigenvalue weighted by atomic mass is 79.9. The Morgan fingerprint density at radius 3 is 2.91 bits per heavy atom. The predicted octanol–water partition coefficient (Wildman–Crippen LogP) is 1.89. The van der Waals surface area contributed by atoms with Crippen LogP contribution < -0.4 is 10.2 Å². The van der Waals surface area contributed by atoms with Gasteiger partial charge in [0.15, 0.2) is 6.54 Å². The van der Waals surface area contributed by atoms with E-state index in [0.29, 0.717) is 12.5 Å². The lowest BCUT2D eigenvalue weighted by Gasteiger charge is -2.24. The van der Waals surface area contributed by atoms with Crippen molar-refractivity contribution in [2.75, 3.05) is 13.1 Å². The summed E-state index contributed by atoms with van der Waals surface area (Å²) in [5.41, 5.74) is -0.720.